The standard InChI is InChI=1S/C20H24N2O5S/c1-3-5-18-21-15(13-28-18)14-6-7-17-16(10-14)22(19(23)12-27-17)11-20(24)26-9-8-25-4-2/h6-7,10,13H,3-5,8-9,11-12H2,1-2H3. The minimum Gasteiger partial charge on any atom is -0.482 e. The number of thiazole rings is 1. The lowest BCUT2D eigenvalue weighted by Crippen LogP contribution is -2.42. The highest BCUT2D eigenvalue weighted by Crippen LogP contribution is 2.36. The van der Waals surface area contributed by atoms with E-state index in [9.17, 15) is 9.59 Å². The van der Waals surface area contributed by atoms with Gasteiger partial charge in [0.25, 0.3) is 5.91 Å². The average molecular weight is 404 g/mol. The number of rotatable bonds is 9. The predicted octanol–water partition coefficient (Wildman–Crippen LogP) is 3.07. The molecule has 0 unspecified atom stereocenters. The second-order valence-corrected chi connectivity index (χ2v) is 7.19. The Bertz CT molecular complexity index is 836. The third-order valence-corrected chi connectivity index (χ3v) is 5.10. The number of aryl methyl sites for hydroxylation is 1. The van der Waals surface area contributed by atoms with Gasteiger partial charge in [0.2, 0.25) is 0 Å². The van der Waals surface area contributed by atoms with Crippen LogP contribution in [0.2, 0.25) is 0 Å². The summed E-state index contributed by atoms with van der Waals surface area (Å²) in [6.07, 6.45) is 1.98. The molecule has 0 fully saturated rings. The molecule has 2 aromatic rings. The summed E-state index contributed by atoms with van der Waals surface area (Å²) in [6, 6.07) is 5.56. The Balaban J connectivity index is 1.76. The lowest BCUT2D eigenvalue weighted by molar-refractivity contribution is -0.144. The Morgan fingerprint density at radius 3 is 2.96 bits per heavy atom. The molecule has 8 heteroatoms. The SMILES string of the molecule is CCCc1nc(-c2ccc3c(c2)N(CC(=O)OCCOCC)C(=O)CO3)cs1. The monoisotopic (exact) mass is 404 g/mol. The van der Waals surface area contributed by atoms with Gasteiger partial charge in [-0.1, -0.05) is 6.92 Å². The van der Waals surface area contributed by atoms with E-state index in [0.717, 1.165) is 29.1 Å². The Hall–Kier alpha value is -2.45. The van der Waals surface area contributed by atoms with Gasteiger partial charge in [-0.3, -0.25) is 14.5 Å². The van der Waals surface area contributed by atoms with Crippen LogP contribution >= 0.6 is 11.3 Å². The topological polar surface area (TPSA) is 78.0 Å². The van der Waals surface area contributed by atoms with E-state index in [4.69, 9.17) is 14.2 Å². The number of hydrogen-bond acceptors (Lipinski definition) is 7. The quantitative estimate of drug-likeness (QED) is 0.472. The molecule has 0 aliphatic carbocycles. The van der Waals surface area contributed by atoms with Gasteiger partial charge in [0, 0.05) is 17.6 Å². The van der Waals surface area contributed by atoms with Crippen LogP contribution in [0.25, 0.3) is 11.3 Å². The fourth-order valence-corrected chi connectivity index (χ4v) is 3.75. The Morgan fingerprint density at radius 2 is 2.18 bits per heavy atom. The number of esters is 1. The first kappa shape index (κ1) is 20.3. The number of fused-ring (bicyclic) bond motifs is 1. The van der Waals surface area contributed by atoms with Crippen molar-refractivity contribution in [1.82, 2.24) is 4.98 Å². The summed E-state index contributed by atoms with van der Waals surface area (Å²) in [4.78, 5) is 30.6. The van der Waals surface area contributed by atoms with Gasteiger partial charge in [-0.25, -0.2) is 4.98 Å². The average Bonchev–Trinajstić information content (AvgIpc) is 3.16. The third kappa shape index (κ3) is 4.88. The molecule has 28 heavy (non-hydrogen) atoms. The molecule has 0 radical (unpaired) electrons. The molecule has 1 aromatic heterocycles. The van der Waals surface area contributed by atoms with E-state index in [1.165, 1.54) is 4.90 Å². The highest BCUT2D eigenvalue weighted by molar-refractivity contribution is 7.09. The van der Waals surface area contributed by atoms with Gasteiger partial charge in [0.1, 0.15) is 18.9 Å². The smallest absolute Gasteiger partial charge is 0.326 e. The van der Waals surface area contributed by atoms with Crippen LogP contribution in [-0.4, -0.2) is 49.8 Å². The van der Waals surface area contributed by atoms with E-state index in [-0.39, 0.29) is 25.7 Å². The van der Waals surface area contributed by atoms with Gasteiger partial charge in [-0.2, -0.15) is 0 Å². The number of carbonyl (C=O) groups is 2. The van der Waals surface area contributed by atoms with Crippen LogP contribution < -0.4 is 9.64 Å². The van der Waals surface area contributed by atoms with E-state index < -0.39 is 5.97 Å². The number of ether oxygens (including phenoxy) is 3. The second-order valence-electron chi connectivity index (χ2n) is 6.24. The zero-order chi connectivity index (χ0) is 19.9. The fourth-order valence-electron chi connectivity index (χ4n) is 2.84. The van der Waals surface area contributed by atoms with Crippen molar-refractivity contribution < 1.29 is 23.8 Å². The molecule has 0 saturated heterocycles. The molecule has 1 aliphatic rings. The van der Waals surface area contributed by atoms with E-state index in [1.54, 1.807) is 11.3 Å². The lowest BCUT2D eigenvalue weighted by Gasteiger charge is -2.29. The summed E-state index contributed by atoms with van der Waals surface area (Å²) in [6.45, 7) is 4.79. The van der Waals surface area contributed by atoms with Gasteiger partial charge in [0.05, 0.1) is 23.0 Å². The van der Waals surface area contributed by atoms with Crippen molar-refractivity contribution in [2.75, 3.05) is 37.9 Å². The van der Waals surface area contributed by atoms with Crippen molar-refractivity contribution in [2.24, 2.45) is 0 Å². The molecule has 150 valence electrons. The Kier molecular flexibility index (Phi) is 7.00. The highest BCUT2D eigenvalue weighted by atomic mass is 32.1. The van der Waals surface area contributed by atoms with Crippen molar-refractivity contribution in [1.29, 1.82) is 0 Å². The van der Waals surface area contributed by atoms with Crippen molar-refractivity contribution in [2.45, 2.75) is 26.7 Å². The van der Waals surface area contributed by atoms with E-state index in [2.05, 4.69) is 11.9 Å². The number of aromatic nitrogens is 1. The maximum absolute atomic E-state index is 12.4. The van der Waals surface area contributed by atoms with Crippen molar-refractivity contribution in [3.63, 3.8) is 0 Å². The molecule has 0 N–H and O–H groups in total. The van der Waals surface area contributed by atoms with Crippen LogP contribution in [0.15, 0.2) is 23.6 Å². The van der Waals surface area contributed by atoms with Crippen LogP contribution in [0.5, 0.6) is 5.75 Å². The molecule has 3 rings (SSSR count). The molecule has 1 aliphatic heterocycles. The number of nitrogens with zero attached hydrogens (tertiary/aromatic N) is 2. The number of anilines is 1. The summed E-state index contributed by atoms with van der Waals surface area (Å²) < 4.78 is 15.8. The highest BCUT2D eigenvalue weighted by Gasteiger charge is 2.28. The van der Waals surface area contributed by atoms with Gasteiger partial charge in [0.15, 0.2) is 6.61 Å². The Morgan fingerprint density at radius 1 is 1.32 bits per heavy atom. The van der Waals surface area contributed by atoms with Gasteiger partial charge in [-0.05, 0) is 38.0 Å². The number of carbonyl (C=O) groups excluding carboxylic acids is 2. The largest absolute Gasteiger partial charge is 0.482 e. The van der Waals surface area contributed by atoms with Gasteiger partial charge >= 0.3 is 5.97 Å². The maximum atomic E-state index is 12.4. The molecular formula is C20H24N2O5S. The normalized spacial score (nSPS) is 13.2. The van der Waals surface area contributed by atoms with Crippen molar-refractivity contribution in [3.8, 4) is 17.0 Å². The predicted molar refractivity (Wildman–Crippen MR) is 107 cm³/mol. The summed E-state index contributed by atoms with van der Waals surface area (Å²) in [5, 5.41) is 3.09. The Labute approximate surface area is 168 Å². The zero-order valence-corrected chi connectivity index (χ0v) is 16.9. The van der Waals surface area contributed by atoms with Crippen molar-refractivity contribution in [3.05, 3.63) is 28.6 Å². The fraction of sp³-hybridized carbons (Fsp3) is 0.450. The van der Waals surface area contributed by atoms with Gasteiger partial charge in [-0.15, -0.1) is 11.3 Å². The van der Waals surface area contributed by atoms with Crippen LogP contribution in [0.4, 0.5) is 5.69 Å². The van der Waals surface area contributed by atoms with Crippen LogP contribution in [-0.2, 0) is 25.5 Å². The molecule has 1 amide bonds. The van der Waals surface area contributed by atoms with Crippen molar-refractivity contribution >= 4 is 28.9 Å². The first-order valence-electron chi connectivity index (χ1n) is 9.37. The molecule has 0 saturated carbocycles. The summed E-state index contributed by atoms with van der Waals surface area (Å²) in [5.41, 5.74) is 2.29. The van der Waals surface area contributed by atoms with E-state index >= 15 is 0 Å². The lowest BCUT2D eigenvalue weighted by atomic mass is 10.1. The van der Waals surface area contributed by atoms with Gasteiger partial charge < -0.3 is 14.2 Å². The maximum Gasteiger partial charge on any atom is 0.326 e. The summed E-state index contributed by atoms with van der Waals surface area (Å²) >= 11 is 1.62. The third-order valence-electron chi connectivity index (χ3n) is 4.20. The minimum absolute atomic E-state index is 0.101. The van der Waals surface area contributed by atoms with E-state index in [1.807, 2.05) is 30.5 Å². The molecule has 7 nitrogen and oxygen atoms in total. The number of hydrogen-bond donors (Lipinski definition) is 0. The first-order valence-corrected chi connectivity index (χ1v) is 10.3. The summed E-state index contributed by atoms with van der Waals surface area (Å²) in [5.74, 6) is -0.198. The number of benzene rings is 1. The molecule has 2 heterocycles. The van der Waals surface area contributed by atoms with Crippen LogP contribution in [0, 0.1) is 0 Å². The molecular weight excluding hydrogens is 380 g/mol. The molecule has 0 bridgehead atoms. The number of amides is 1. The first-order chi connectivity index (χ1) is 13.6. The second kappa shape index (κ2) is 9.66. The van der Waals surface area contributed by atoms with Crippen LogP contribution in [0.3, 0.4) is 0 Å². The molecule has 1 aromatic carbocycles. The zero-order valence-electron chi connectivity index (χ0n) is 16.1. The summed E-state index contributed by atoms with van der Waals surface area (Å²) in [7, 11) is 0. The van der Waals surface area contributed by atoms with E-state index in [0.29, 0.717) is 24.7 Å². The van der Waals surface area contributed by atoms with Crippen LogP contribution in [0.1, 0.15) is 25.3 Å². The minimum atomic E-state index is -0.481. The molecule has 0 spiro atoms. The molecule has 0 atom stereocenters.